The molecule has 0 N–H and O–H groups in total. The fraction of sp³-hybridized carbons (Fsp3) is 0.571. The Kier molecular flexibility index (Phi) is 6.28. The molecular formula is C14H19BrO4. The number of cyclic esters (lactones) is 1. The molecule has 0 aromatic carbocycles. The fourth-order valence-electron chi connectivity index (χ4n) is 1.74. The van der Waals surface area contributed by atoms with Gasteiger partial charge in [0.05, 0.1) is 5.57 Å². The summed E-state index contributed by atoms with van der Waals surface area (Å²) >= 11 is 3.27. The first-order chi connectivity index (χ1) is 8.99. The average molecular weight is 331 g/mol. The SMILES string of the molecule is CCCC(=O)OC(CCC)C1=C/C(=C(\C)Br)OC1=O. The summed E-state index contributed by atoms with van der Waals surface area (Å²) in [5.74, 6) is -0.230. The Morgan fingerprint density at radius 1 is 1.42 bits per heavy atom. The number of allylic oxidation sites excluding steroid dienone is 2. The first-order valence-corrected chi connectivity index (χ1v) is 7.28. The molecule has 0 aromatic heterocycles. The molecule has 0 saturated heterocycles. The summed E-state index contributed by atoms with van der Waals surface area (Å²) in [6.45, 7) is 5.68. The van der Waals surface area contributed by atoms with Crippen molar-refractivity contribution in [2.24, 2.45) is 0 Å². The molecule has 0 saturated carbocycles. The van der Waals surface area contributed by atoms with E-state index in [2.05, 4.69) is 15.9 Å². The van der Waals surface area contributed by atoms with E-state index in [1.54, 1.807) is 13.0 Å². The maximum Gasteiger partial charge on any atom is 0.343 e. The van der Waals surface area contributed by atoms with E-state index in [0.29, 0.717) is 24.2 Å². The van der Waals surface area contributed by atoms with Crippen LogP contribution in [0, 0.1) is 0 Å². The van der Waals surface area contributed by atoms with Crippen LogP contribution in [0.2, 0.25) is 0 Å². The van der Waals surface area contributed by atoms with Gasteiger partial charge < -0.3 is 9.47 Å². The lowest BCUT2D eigenvalue weighted by molar-refractivity contribution is -0.148. The molecule has 0 fully saturated rings. The van der Waals surface area contributed by atoms with E-state index in [9.17, 15) is 9.59 Å². The lowest BCUT2D eigenvalue weighted by Gasteiger charge is -2.16. The number of rotatable bonds is 6. The maximum atomic E-state index is 11.8. The van der Waals surface area contributed by atoms with Gasteiger partial charge in [0.1, 0.15) is 11.9 Å². The van der Waals surface area contributed by atoms with Crippen molar-refractivity contribution in [1.29, 1.82) is 0 Å². The van der Waals surface area contributed by atoms with Gasteiger partial charge in [-0.15, -0.1) is 0 Å². The normalized spacial score (nSPS) is 18.7. The topological polar surface area (TPSA) is 52.6 Å². The van der Waals surface area contributed by atoms with Gasteiger partial charge in [-0.25, -0.2) is 4.79 Å². The molecule has 106 valence electrons. The minimum atomic E-state index is -0.513. The smallest absolute Gasteiger partial charge is 0.343 e. The average Bonchev–Trinajstić information content (AvgIpc) is 2.71. The van der Waals surface area contributed by atoms with Gasteiger partial charge in [0.2, 0.25) is 0 Å². The molecule has 0 bridgehead atoms. The molecule has 1 atom stereocenters. The standard InChI is InChI=1S/C14H19BrO4/c1-4-6-11(18-13(16)7-5-2)10-8-12(9(3)15)19-14(10)17/h8,11H,4-7H2,1-3H3/b12-9-. The Balaban J connectivity index is 2.87. The van der Waals surface area contributed by atoms with Crippen molar-refractivity contribution in [2.75, 3.05) is 0 Å². The largest absolute Gasteiger partial charge is 0.457 e. The van der Waals surface area contributed by atoms with Crippen molar-refractivity contribution >= 4 is 27.9 Å². The molecule has 0 spiro atoms. The number of carbonyl (C=O) groups is 2. The number of esters is 2. The van der Waals surface area contributed by atoms with Gasteiger partial charge in [-0.2, -0.15) is 0 Å². The summed E-state index contributed by atoms with van der Waals surface area (Å²) in [7, 11) is 0. The summed E-state index contributed by atoms with van der Waals surface area (Å²) < 4.78 is 11.2. The number of hydrogen-bond donors (Lipinski definition) is 0. The Morgan fingerprint density at radius 3 is 2.58 bits per heavy atom. The van der Waals surface area contributed by atoms with Crippen molar-refractivity contribution < 1.29 is 19.1 Å². The summed E-state index contributed by atoms with van der Waals surface area (Å²) in [6.07, 6.45) is 3.66. The van der Waals surface area contributed by atoms with Gasteiger partial charge in [-0.1, -0.05) is 36.2 Å². The van der Waals surface area contributed by atoms with E-state index < -0.39 is 12.1 Å². The monoisotopic (exact) mass is 330 g/mol. The van der Waals surface area contributed by atoms with Crippen molar-refractivity contribution in [3.63, 3.8) is 0 Å². The molecule has 19 heavy (non-hydrogen) atoms. The minimum absolute atomic E-state index is 0.275. The summed E-state index contributed by atoms with van der Waals surface area (Å²) in [4.78, 5) is 23.4. The Morgan fingerprint density at radius 2 is 2.11 bits per heavy atom. The third kappa shape index (κ3) is 4.49. The summed E-state index contributed by atoms with van der Waals surface area (Å²) in [5, 5.41) is 0. The van der Waals surface area contributed by atoms with E-state index in [4.69, 9.17) is 9.47 Å². The van der Waals surface area contributed by atoms with Gasteiger partial charge in [0, 0.05) is 10.9 Å². The maximum absolute atomic E-state index is 11.8. The number of ether oxygens (including phenoxy) is 2. The first-order valence-electron chi connectivity index (χ1n) is 6.49. The number of carbonyl (C=O) groups excluding carboxylic acids is 2. The van der Waals surface area contributed by atoms with E-state index in [1.165, 1.54) is 0 Å². The predicted octanol–water partition coefficient (Wildman–Crippen LogP) is 3.61. The van der Waals surface area contributed by atoms with Crippen molar-refractivity contribution in [3.8, 4) is 0 Å². The van der Waals surface area contributed by atoms with Gasteiger partial charge in [0.15, 0.2) is 0 Å². The minimum Gasteiger partial charge on any atom is -0.457 e. The second-order valence-electron chi connectivity index (χ2n) is 4.40. The summed E-state index contributed by atoms with van der Waals surface area (Å²) in [5.41, 5.74) is 0.417. The predicted molar refractivity (Wildman–Crippen MR) is 75.5 cm³/mol. The molecule has 5 heteroatoms. The quantitative estimate of drug-likeness (QED) is 0.698. The molecule has 0 amide bonds. The second kappa shape index (κ2) is 7.48. The van der Waals surface area contributed by atoms with Crippen LogP contribution in [0.1, 0.15) is 46.5 Å². The van der Waals surface area contributed by atoms with Gasteiger partial charge >= 0.3 is 11.9 Å². The second-order valence-corrected chi connectivity index (χ2v) is 5.59. The van der Waals surface area contributed by atoms with E-state index in [1.807, 2.05) is 13.8 Å². The van der Waals surface area contributed by atoms with Gasteiger partial charge in [0.25, 0.3) is 0 Å². The van der Waals surface area contributed by atoms with Crippen LogP contribution in [0.4, 0.5) is 0 Å². The molecule has 0 aliphatic carbocycles. The zero-order chi connectivity index (χ0) is 14.4. The summed E-state index contributed by atoms with van der Waals surface area (Å²) in [6, 6.07) is 0. The van der Waals surface area contributed by atoms with Crippen LogP contribution in [0.3, 0.4) is 0 Å². The van der Waals surface area contributed by atoms with Crippen molar-refractivity contribution in [1.82, 2.24) is 0 Å². The van der Waals surface area contributed by atoms with Crippen molar-refractivity contribution in [3.05, 3.63) is 21.9 Å². The molecule has 1 aliphatic rings. The molecule has 0 radical (unpaired) electrons. The lowest BCUT2D eigenvalue weighted by atomic mass is 10.1. The van der Waals surface area contributed by atoms with Gasteiger partial charge in [-0.05, 0) is 25.8 Å². The van der Waals surface area contributed by atoms with E-state index >= 15 is 0 Å². The fourth-order valence-corrected chi connectivity index (χ4v) is 1.94. The Hall–Kier alpha value is -1.10. The van der Waals surface area contributed by atoms with Crippen LogP contribution in [0.15, 0.2) is 21.9 Å². The number of hydrogen-bond acceptors (Lipinski definition) is 4. The first kappa shape index (κ1) is 16.0. The van der Waals surface area contributed by atoms with Crippen LogP contribution in [-0.4, -0.2) is 18.0 Å². The highest BCUT2D eigenvalue weighted by molar-refractivity contribution is 9.11. The number of halogens is 1. The highest BCUT2D eigenvalue weighted by Crippen LogP contribution is 2.28. The highest BCUT2D eigenvalue weighted by atomic mass is 79.9. The lowest BCUT2D eigenvalue weighted by Crippen LogP contribution is -2.23. The third-order valence-corrected chi connectivity index (χ3v) is 3.08. The van der Waals surface area contributed by atoms with Crippen LogP contribution >= 0.6 is 15.9 Å². The highest BCUT2D eigenvalue weighted by Gasteiger charge is 2.31. The third-order valence-electron chi connectivity index (χ3n) is 2.69. The van der Waals surface area contributed by atoms with Crippen LogP contribution < -0.4 is 0 Å². The molecular weight excluding hydrogens is 312 g/mol. The molecule has 1 unspecified atom stereocenters. The van der Waals surface area contributed by atoms with Crippen LogP contribution in [0.25, 0.3) is 0 Å². The van der Waals surface area contributed by atoms with E-state index in [0.717, 1.165) is 17.3 Å². The van der Waals surface area contributed by atoms with Gasteiger partial charge in [-0.3, -0.25) is 4.79 Å². The molecule has 1 heterocycles. The zero-order valence-electron chi connectivity index (χ0n) is 11.5. The zero-order valence-corrected chi connectivity index (χ0v) is 13.1. The van der Waals surface area contributed by atoms with E-state index in [-0.39, 0.29) is 5.97 Å². The Bertz CT molecular complexity index is 419. The van der Waals surface area contributed by atoms with Crippen LogP contribution in [0.5, 0.6) is 0 Å². The van der Waals surface area contributed by atoms with Crippen molar-refractivity contribution in [2.45, 2.75) is 52.6 Å². The molecule has 0 aromatic rings. The molecule has 4 nitrogen and oxygen atoms in total. The molecule has 1 rings (SSSR count). The Labute approximate surface area is 122 Å². The van der Waals surface area contributed by atoms with Crippen LogP contribution in [-0.2, 0) is 19.1 Å². The molecule has 1 aliphatic heterocycles.